The fraction of sp³-hybridized carbons (Fsp3) is 1.00. The number of aliphatic hydroxyl groups is 2. The number of aliphatic hydroxyl groups excluding tert-OH is 2. The Balaban J connectivity index is 2.30. The third-order valence-electron chi connectivity index (χ3n) is 2.07. The van der Waals surface area contributed by atoms with Gasteiger partial charge in [-0.3, -0.25) is 0 Å². The number of hydrogen-bond donors (Lipinski definition) is 2. The molecule has 3 nitrogen and oxygen atoms in total. The van der Waals surface area contributed by atoms with E-state index in [0.29, 0.717) is 12.3 Å². The van der Waals surface area contributed by atoms with Crippen molar-refractivity contribution in [1.82, 2.24) is 0 Å². The maximum absolute atomic E-state index is 9.17. The average Bonchev–Trinajstić information content (AvgIpc) is 1.85. The minimum atomic E-state index is -0.615. The van der Waals surface area contributed by atoms with Crippen molar-refractivity contribution >= 4 is 0 Å². The SMILES string of the molecule is CC1CC(O)OC(CCO)C1. The van der Waals surface area contributed by atoms with E-state index in [-0.39, 0.29) is 12.7 Å². The molecule has 3 unspecified atom stereocenters. The molecule has 1 aliphatic heterocycles. The van der Waals surface area contributed by atoms with Gasteiger partial charge in [-0.2, -0.15) is 0 Å². The summed E-state index contributed by atoms with van der Waals surface area (Å²) in [6.45, 7) is 2.24. The fourth-order valence-corrected chi connectivity index (χ4v) is 1.55. The van der Waals surface area contributed by atoms with Gasteiger partial charge in [-0.05, 0) is 18.8 Å². The summed E-state index contributed by atoms with van der Waals surface area (Å²) >= 11 is 0. The van der Waals surface area contributed by atoms with Crippen LogP contribution in [0, 0.1) is 5.92 Å². The van der Waals surface area contributed by atoms with Gasteiger partial charge in [0.1, 0.15) is 0 Å². The number of hydrogen-bond acceptors (Lipinski definition) is 3. The molecular weight excluding hydrogens is 144 g/mol. The van der Waals surface area contributed by atoms with Crippen molar-refractivity contribution < 1.29 is 14.9 Å². The van der Waals surface area contributed by atoms with Gasteiger partial charge >= 0.3 is 0 Å². The van der Waals surface area contributed by atoms with Gasteiger partial charge in [0.15, 0.2) is 6.29 Å². The van der Waals surface area contributed by atoms with Crippen LogP contribution in [0.4, 0.5) is 0 Å². The van der Waals surface area contributed by atoms with Crippen molar-refractivity contribution in [3.63, 3.8) is 0 Å². The number of ether oxygens (including phenoxy) is 1. The third-order valence-corrected chi connectivity index (χ3v) is 2.07. The van der Waals surface area contributed by atoms with E-state index in [9.17, 15) is 5.11 Å². The zero-order chi connectivity index (χ0) is 8.27. The van der Waals surface area contributed by atoms with E-state index in [0.717, 1.165) is 12.8 Å². The molecule has 1 saturated heterocycles. The van der Waals surface area contributed by atoms with Crippen LogP contribution in [0.3, 0.4) is 0 Å². The quantitative estimate of drug-likeness (QED) is 0.618. The molecule has 0 radical (unpaired) electrons. The van der Waals surface area contributed by atoms with E-state index in [1.54, 1.807) is 0 Å². The van der Waals surface area contributed by atoms with Crippen LogP contribution in [-0.2, 0) is 4.74 Å². The van der Waals surface area contributed by atoms with Crippen LogP contribution in [0.15, 0.2) is 0 Å². The molecule has 1 rings (SSSR count). The highest BCUT2D eigenvalue weighted by atomic mass is 16.6. The summed E-state index contributed by atoms with van der Waals surface area (Å²) in [5, 5.41) is 17.8. The molecule has 3 heteroatoms. The van der Waals surface area contributed by atoms with Crippen molar-refractivity contribution in [2.24, 2.45) is 5.92 Å². The van der Waals surface area contributed by atoms with E-state index in [2.05, 4.69) is 6.92 Å². The summed E-state index contributed by atoms with van der Waals surface area (Å²) in [4.78, 5) is 0. The molecule has 0 saturated carbocycles. The third kappa shape index (κ3) is 2.77. The summed E-state index contributed by atoms with van der Waals surface area (Å²) in [5.74, 6) is 0.510. The molecule has 66 valence electrons. The van der Waals surface area contributed by atoms with Crippen molar-refractivity contribution in [2.45, 2.75) is 38.6 Å². The van der Waals surface area contributed by atoms with Crippen molar-refractivity contribution in [3.8, 4) is 0 Å². The number of rotatable bonds is 2. The highest BCUT2D eigenvalue weighted by Crippen LogP contribution is 2.24. The second-order valence-electron chi connectivity index (χ2n) is 3.30. The zero-order valence-corrected chi connectivity index (χ0v) is 6.86. The second-order valence-corrected chi connectivity index (χ2v) is 3.30. The predicted molar refractivity (Wildman–Crippen MR) is 41.0 cm³/mol. The Morgan fingerprint density at radius 1 is 1.45 bits per heavy atom. The van der Waals surface area contributed by atoms with Crippen LogP contribution < -0.4 is 0 Å². The average molecular weight is 160 g/mol. The minimum Gasteiger partial charge on any atom is -0.396 e. The molecule has 0 spiro atoms. The van der Waals surface area contributed by atoms with Gasteiger partial charge < -0.3 is 14.9 Å². The first-order valence-electron chi connectivity index (χ1n) is 4.16. The maximum atomic E-state index is 9.17. The van der Waals surface area contributed by atoms with Crippen LogP contribution in [0.25, 0.3) is 0 Å². The largest absolute Gasteiger partial charge is 0.396 e. The summed E-state index contributed by atoms with van der Waals surface area (Å²) < 4.78 is 5.19. The molecule has 1 heterocycles. The zero-order valence-electron chi connectivity index (χ0n) is 6.86. The topological polar surface area (TPSA) is 49.7 Å². The van der Waals surface area contributed by atoms with Crippen LogP contribution in [0.1, 0.15) is 26.2 Å². The van der Waals surface area contributed by atoms with Gasteiger partial charge in [0.2, 0.25) is 0 Å². The van der Waals surface area contributed by atoms with Crippen molar-refractivity contribution in [1.29, 1.82) is 0 Å². The standard InChI is InChI=1S/C8H16O3/c1-6-4-7(2-3-9)11-8(10)5-6/h6-10H,2-5H2,1H3. The van der Waals surface area contributed by atoms with Crippen LogP contribution >= 0.6 is 0 Å². The first kappa shape index (κ1) is 8.97. The molecular formula is C8H16O3. The Hall–Kier alpha value is -0.120. The molecule has 1 aliphatic rings. The van der Waals surface area contributed by atoms with Gasteiger partial charge in [0, 0.05) is 13.0 Å². The van der Waals surface area contributed by atoms with Gasteiger partial charge in [-0.15, -0.1) is 0 Å². The van der Waals surface area contributed by atoms with Crippen molar-refractivity contribution in [3.05, 3.63) is 0 Å². The Bertz CT molecular complexity index is 106. The monoisotopic (exact) mass is 160 g/mol. The van der Waals surface area contributed by atoms with E-state index in [1.807, 2.05) is 0 Å². The van der Waals surface area contributed by atoms with E-state index in [1.165, 1.54) is 0 Å². The molecule has 0 aromatic carbocycles. The second kappa shape index (κ2) is 4.04. The minimum absolute atomic E-state index is 0.0544. The molecule has 1 fully saturated rings. The molecule has 11 heavy (non-hydrogen) atoms. The first-order chi connectivity index (χ1) is 5.22. The first-order valence-corrected chi connectivity index (χ1v) is 4.16. The van der Waals surface area contributed by atoms with Crippen LogP contribution in [0.5, 0.6) is 0 Å². The van der Waals surface area contributed by atoms with Gasteiger partial charge in [-0.1, -0.05) is 6.92 Å². The lowest BCUT2D eigenvalue weighted by Gasteiger charge is -2.30. The highest BCUT2D eigenvalue weighted by molar-refractivity contribution is 4.70. The van der Waals surface area contributed by atoms with E-state index in [4.69, 9.17) is 9.84 Å². The van der Waals surface area contributed by atoms with Crippen molar-refractivity contribution in [2.75, 3.05) is 6.61 Å². The fourth-order valence-electron chi connectivity index (χ4n) is 1.55. The molecule has 0 aromatic heterocycles. The normalized spacial score (nSPS) is 39.0. The summed E-state index contributed by atoms with van der Waals surface area (Å²) in [7, 11) is 0. The highest BCUT2D eigenvalue weighted by Gasteiger charge is 2.24. The maximum Gasteiger partial charge on any atom is 0.155 e. The molecule has 0 bridgehead atoms. The van der Waals surface area contributed by atoms with Gasteiger partial charge in [-0.25, -0.2) is 0 Å². The Morgan fingerprint density at radius 2 is 2.18 bits per heavy atom. The van der Waals surface area contributed by atoms with Gasteiger partial charge in [0.05, 0.1) is 6.10 Å². The lowest BCUT2D eigenvalue weighted by Crippen LogP contribution is -2.32. The summed E-state index contributed by atoms with van der Waals surface area (Å²) in [6, 6.07) is 0. The summed E-state index contributed by atoms with van der Waals surface area (Å²) in [5.41, 5.74) is 0. The van der Waals surface area contributed by atoms with Crippen LogP contribution in [-0.4, -0.2) is 29.2 Å². The van der Waals surface area contributed by atoms with E-state index >= 15 is 0 Å². The van der Waals surface area contributed by atoms with Crippen LogP contribution in [0.2, 0.25) is 0 Å². The molecule has 3 atom stereocenters. The Labute approximate surface area is 67.0 Å². The molecule has 0 amide bonds. The molecule has 0 aliphatic carbocycles. The smallest absolute Gasteiger partial charge is 0.155 e. The Kier molecular flexibility index (Phi) is 3.30. The lowest BCUT2D eigenvalue weighted by atomic mass is 9.95. The Morgan fingerprint density at radius 3 is 2.73 bits per heavy atom. The van der Waals surface area contributed by atoms with E-state index < -0.39 is 6.29 Å². The molecule has 2 N–H and O–H groups in total. The summed E-state index contributed by atoms with van der Waals surface area (Å²) in [6.07, 6.45) is 1.76. The van der Waals surface area contributed by atoms with Gasteiger partial charge in [0.25, 0.3) is 0 Å². The predicted octanol–water partition coefficient (Wildman–Crippen LogP) is 0.502. The molecule has 0 aromatic rings. The lowest BCUT2D eigenvalue weighted by molar-refractivity contribution is -0.178.